The molecule has 1 heterocycles. The van der Waals surface area contributed by atoms with Crippen LogP contribution >= 0.6 is 11.6 Å². The Morgan fingerprint density at radius 2 is 1.87 bits per heavy atom. The average Bonchev–Trinajstić information content (AvgIpc) is 2.91. The number of ether oxygens (including phenoxy) is 2. The molecule has 1 aliphatic heterocycles. The molecule has 208 valence electrons. The zero-order chi connectivity index (χ0) is 28.4. The molecular formula is C30H37ClN4O4. The SMILES string of the molecule is CCCNCC(O)COc1ccc(OC(CCC(N)=O)C2=C(C)NC(C)=C(C#N)C2c2ccccc2Cl)cc1. The Labute approximate surface area is 235 Å². The largest absolute Gasteiger partial charge is 0.491 e. The zero-order valence-corrected chi connectivity index (χ0v) is 23.4. The molecule has 2 aromatic carbocycles. The van der Waals surface area contributed by atoms with Gasteiger partial charge in [-0.1, -0.05) is 36.7 Å². The van der Waals surface area contributed by atoms with Crippen molar-refractivity contribution in [1.29, 1.82) is 5.26 Å². The third-order valence-electron chi connectivity index (χ3n) is 6.50. The number of carbonyl (C=O) groups excluding carboxylic acids is 1. The number of allylic oxidation sites excluding steroid dienone is 3. The van der Waals surface area contributed by atoms with Crippen molar-refractivity contribution >= 4 is 17.5 Å². The van der Waals surface area contributed by atoms with E-state index in [0.717, 1.165) is 35.5 Å². The van der Waals surface area contributed by atoms with E-state index in [0.29, 0.717) is 35.1 Å². The lowest BCUT2D eigenvalue weighted by Crippen LogP contribution is -2.33. The number of nitrogens with two attached hydrogens (primary N) is 1. The van der Waals surface area contributed by atoms with E-state index in [1.807, 2.05) is 32.0 Å². The van der Waals surface area contributed by atoms with E-state index in [-0.39, 0.29) is 13.0 Å². The minimum Gasteiger partial charge on any atom is -0.491 e. The summed E-state index contributed by atoms with van der Waals surface area (Å²) in [5.41, 5.74) is 9.22. The number of nitrogens with one attached hydrogen (secondary N) is 2. The number of nitriles is 1. The molecule has 1 aliphatic rings. The standard InChI is InChI=1S/C30H37ClN4O4/c1-4-15-34-17-21(36)18-38-22-9-11-23(12-10-22)39-27(13-14-28(33)37)29-20(3)35-19(2)25(16-32)30(29)24-7-5-6-8-26(24)31/h5-12,21,27,30,34-36H,4,13-15,17-18H2,1-3H3,(H2,33,37). The Balaban J connectivity index is 1.86. The Morgan fingerprint density at radius 1 is 1.18 bits per heavy atom. The first kappa shape index (κ1) is 30.0. The summed E-state index contributed by atoms with van der Waals surface area (Å²) < 4.78 is 12.2. The molecular weight excluding hydrogens is 516 g/mol. The number of hydrogen-bond donors (Lipinski definition) is 4. The summed E-state index contributed by atoms with van der Waals surface area (Å²) in [5.74, 6) is 0.265. The number of halogens is 1. The second-order valence-electron chi connectivity index (χ2n) is 9.56. The molecule has 5 N–H and O–H groups in total. The molecule has 0 aromatic heterocycles. The molecule has 3 unspecified atom stereocenters. The van der Waals surface area contributed by atoms with Crippen molar-refractivity contribution in [2.75, 3.05) is 19.7 Å². The van der Waals surface area contributed by atoms with E-state index in [4.69, 9.17) is 26.8 Å². The number of aliphatic hydroxyl groups is 1. The van der Waals surface area contributed by atoms with E-state index in [2.05, 4.69) is 23.6 Å². The fourth-order valence-corrected chi connectivity index (χ4v) is 4.89. The van der Waals surface area contributed by atoms with Crippen LogP contribution in [0.15, 0.2) is 71.1 Å². The highest BCUT2D eigenvalue weighted by molar-refractivity contribution is 6.31. The number of hydrogen-bond acceptors (Lipinski definition) is 7. The molecule has 0 fully saturated rings. The van der Waals surface area contributed by atoms with Crippen LogP contribution in [-0.2, 0) is 4.79 Å². The van der Waals surface area contributed by atoms with Crippen molar-refractivity contribution in [1.82, 2.24) is 10.6 Å². The average molecular weight is 553 g/mol. The second-order valence-corrected chi connectivity index (χ2v) is 9.97. The number of primary amides is 1. The van der Waals surface area contributed by atoms with Crippen molar-refractivity contribution in [2.45, 2.75) is 58.2 Å². The van der Waals surface area contributed by atoms with Gasteiger partial charge in [0.15, 0.2) is 0 Å². The number of amides is 1. The van der Waals surface area contributed by atoms with Gasteiger partial charge in [-0.05, 0) is 69.1 Å². The molecule has 2 aromatic rings. The van der Waals surface area contributed by atoms with Crippen LogP contribution < -0.4 is 25.8 Å². The van der Waals surface area contributed by atoms with Crippen LogP contribution in [-0.4, -0.2) is 42.9 Å². The highest BCUT2D eigenvalue weighted by Gasteiger charge is 2.36. The van der Waals surface area contributed by atoms with Crippen LogP contribution in [0.1, 0.15) is 51.5 Å². The van der Waals surface area contributed by atoms with Crippen LogP contribution in [0.4, 0.5) is 0 Å². The van der Waals surface area contributed by atoms with Gasteiger partial charge in [0.2, 0.25) is 5.91 Å². The van der Waals surface area contributed by atoms with Gasteiger partial charge in [0.25, 0.3) is 0 Å². The van der Waals surface area contributed by atoms with Crippen LogP contribution in [0.3, 0.4) is 0 Å². The Bertz CT molecular complexity index is 1240. The summed E-state index contributed by atoms with van der Waals surface area (Å²) in [4.78, 5) is 11.8. The highest BCUT2D eigenvalue weighted by Crippen LogP contribution is 2.43. The molecule has 8 nitrogen and oxygen atoms in total. The Hall–Kier alpha value is -3.51. The highest BCUT2D eigenvalue weighted by atomic mass is 35.5. The van der Waals surface area contributed by atoms with E-state index < -0.39 is 24.0 Å². The zero-order valence-electron chi connectivity index (χ0n) is 22.7. The molecule has 0 spiro atoms. The van der Waals surface area contributed by atoms with Crippen LogP contribution in [0, 0.1) is 11.3 Å². The number of aliphatic hydroxyl groups excluding tert-OH is 1. The number of nitrogens with zero attached hydrogens (tertiary/aromatic N) is 1. The molecule has 3 rings (SSSR count). The lowest BCUT2D eigenvalue weighted by molar-refractivity contribution is -0.118. The van der Waals surface area contributed by atoms with E-state index in [9.17, 15) is 15.2 Å². The predicted octanol–water partition coefficient (Wildman–Crippen LogP) is 4.55. The van der Waals surface area contributed by atoms with Crippen molar-refractivity contribution in [3.8, 4) is 17.6 Å². The van der Waals surface area contributed by atoms with Gasteiger partial charge in [0.05, 0.1) is 11.6 Å². The van der Waals surface area contributed by atoms with Gasteiger partial charge in [-0.15, -0.1) is 0 Å². The normalized spacial score (nSPS) is 16.8. The maximum absolute atomic E-state index is 11.8. The third-order valence-corrected chi connectivity index (χ3v) is 6.84. The van der Waals surface area contributed by atoms with Gasteiger partial charge in [-0.3, -0.25) is 4.79 Å². The van der Waals surface area contributed by atoms with Gasteiger partial charge < -0.3 is 30.9 Å². The third kappa shape index (κ3) is 8.24. The topological polar surface area (TPSA) is 130 Å². The molecule has 0 radical (unpaired) electrons. The molecule has 0 saturated heterocycles. The van der Waals surface area contributed by atoms with E-state index in [1.165, 1.54) is 0 Å². The van der Waals surface area contributed by atoms with Gasteiger partial charge in [-0.2, -0.15) is 5.26 Å². The van der Waals surface area contributed by atoms with E-state index in [1.54, 1.807) is 30.3 Å². The molecule has 0 aliphatic carbocycles. The number of rotatable bonds is 14. The summed E-state index contributed by atoms with van der Waals surface area (Å²) in [6.07, 6.45) is 0.228. The molecule has 3 atom stereocenters. The molecule has 39 heavy (non-hydrogen) atoms. The fraction of sp³-hybridized carbons (Fsp3) is 0.400. The molecule has 0 saturated carbocycles. The Kier molecular flexibility index (Phi) is 11.2. The van der Waals surface area contributed by atoms with Crippen LogP contribution in [0.5, 0.6) is 11.5 Å². The van der Waals surface area contributed by atoms with Crippen molar-refractivity contribution < 1.29 is 19.4 Å². The first-order valence-electron chi connectivity index (χ1n) is 13.1. The summed E-state index contributed by atoms with van der Waals surface area (Å²) in [7, 11) is 0. The van der Waals surface area contributed by atoms with Gasteiger partial charge in [0, 0.05) is 40.9 Å². The first-order valence-corrected chi connectivity index (χ1v) is 13.5. The van der Waals surface area contributed by atoms with E-state index >= 15 is 0 Å². The number of benzene rings is 2. The van der Waals surface area contributed by atoms with Gasteiger partial charge >= 0.3 is 0 Å². The summed E-state index contributed by atoms with van der Waals surface area (Å²) in [5, 5.41) is 27.2. The quantitative estimate of drug-likeness (QED) is 0.253. The van der Waals surface area contributed by atoms with Crippen molar-refractivity contribution in [3.63, 3.8) is 0 Å². The van der Waals surface area contributed by atoms with Crippen molar-refractivity contribution in [2.24, 2.45) is 5.73 Å². The van der Waals surface area contributed by atoms with Crippen LogP contribution in [0.2, 0.25) is 5.02 Å². The molecule has 9 heteroatoms. The fourth-order valence-electron chi connectivity index (χ4n) is 4.64. The van der Waals surface area contributed by atoms with Crippen molar-refractivity contribution in [3.05, 3.63) is 81.7 Å². The minimum atomic E-state index is -0.619. The summed E-state index contributed by atoms with van der Waals surface area (Å²) in [6, 6.07) is 16.9. The maximum atomic E-state index is 11.8. The number of dihydropyridines is 1. The van der Waals surface area contributed by atoms with Gasteiger partial charge in [0.1, 0.15) is 30.3 Å². The lowest BCUT2D eigenvalue weighted by atomic mass is 9.78. The monoisotopic (exact) mass is 552 g/mol. The lowest BCUT2D eigenvalue weighted by Gasteiger charge is -2.35. The minimum absolute atomic E-state index is 0.104. The summed E-state index contributed by atoms with van der Waals surface area (Å²) >= 11 is 6.61. The molecule has 0 bridgehead atoms. The molecule has 1 amide bonds. The summed E-state index contributed by atoms with van der Waals surface area (Å²) in [6.45, 7) is 7.32. The second kappa shape index (κ2) is 14.6. The smallest absolute Gasteiger partial charge is 0.217 e. The number of carbonyl (C=O) groups is 1. The first-order chi connectivity index (χ1) is 18.7. The van der Waals surface area contributed by atoms with Crippen LogP contribution in [0.25, 0.3) is 0 Å². The maximum Gasteiger partial charge on any atom is 0.217 e. The Morgan fingerprint density at radius 3 is 2.51 bits per heavy atom. The predicted molar refractivity (Wildman–Crippen MR) is 152 cm³/mol. The van der Waals surface area contributed by atoms with Gasteiger partial charge in [-0.25, -0.2) is 0 Å².